The zero-order valence-corrected chi connectivity index (χ0v) is 14.3. The molecule has 130 valence electrons. The van der Waals surface area contributed by atoms with Gasteiger partial charge in [0.05, 0.1) is 18.2 Å². The van der Waals surface area contributed by atoms with E-state index in [2.05, 4.69) is 15.2 Å². The molecule has 1 amide bonds. The molecule has 2 aliphatic rings. The van der Waals surface area contributed by atoms with Crippen LogP contribution in [0.15, 0.2) is 42.6 Å². The monoisotopic (exact) mass is 337 g/mol. The number of carbonyl (C=O) groups is 1. The molecule has 0 bridgehead atoms. The molecule has 1 saturated heterocycles. The first kappa shape index (κ1) is 15.9. The highest BCUT2D eigenvalue weighted by atomic mass is 16.5. The fourth-order valence-electron chi connectivity index (χ4n) is 3.66. The lowest BCUT2D eigenvalue weighted by molar-refractivity contribution is 0.0925. The van der Waals surface area contributed by atoms with Gasteiger partial charge in [0.25, 0.3) is 5.91 Å². The van der Waals surface area contributed by atoms with Gasteiger partial charge in [0.2, 0.25) is 0 Å². The number of fused-ring (bicyclic) bond motifs is 1. The molecule has 1 N–H and O–H groups in total. The van der Waals surface area contributed by atoms with Gasteiger partial charge in [-0.2, -0.15) is 0 Å². The van der Waals surface area contributed by atoms with Crippen molar-refractivity contribution in [1.82, 2.24) is 10.3 Å². The minimum Gasteiger partial charge on any atom is -0.493 e. The maximum Gasteiger partial charge on any atom is 0.255 e. The zero-order valence-electron chi connectivity index (χ0n) is 14.3. The van der Waals surface area contributed by atoms with Gasteiger partial charge in [0, 0.05) is 31.3 Å². The van der Waals surface area contributed by atoms with Crippen molar-refractivity contribution in [2.45, 2.75) is 31.7 Å². The molecular weight excluding hydrogens is 314 g/mol. The number of pyridine rings is 1. The third-order valence-corrected chi connectivity index (χ3v) is 4.95. The van der Waals surface area contributed by atoms with Gasteiger partial charge in [-0.05, 0) is 37.5 Å². The second kappa shape index (κ2) is 7.13. The second-order valence-electron chi connectivity index (χ2n) is 6.62. The van der Waals surface area contributed by atoms with Gasteiger partial charge < -0.3 is 15.0 Å². The van der Waals surface area contributed by atoms with E-state index in [1.54, 1.807) is 6.20 Å². The van der Waals surface area contributed by atoms with Crippen LogP contribution in [0.2, 0.25) is 0 Å². The van der Waals surface area contributed by atoms with Crippen molar-refractivity contribution >= 4 is 11.7 Å². The number of amides is 1. The summed E-state index contributed by atoms with van der Waals surface area (Å²) in [7, 11) is 0. The molecule has 1 atom stereocenters. The molecule has 3 heterocycles. The Labute approximate surface area is 148 Å². The number of benzene rings is 1. The number of nitrogens with one attached hydrogen (secondary N) is 1. The molecule has 2 aliphatic heterocycles. The summed E-state index contributed by atoms with van der Waals surface area (Å²) in [5, 5.41) is 3.19. The molecule has 25 heavy (non-hydrogen) atoms. The van der Waals surface area contributed by atoms with Crippen LogP contribution in [0, 0.1) is 0 Å². The van der Waals surface area contributed by atoms with Crippen molar-refractivity contribution in [3.05, 3.63) is 53.7 Å². The molecule has 1 aromatic heterocycles. The van der Waals surface area contributed by atoms with Gasteiger partial charge in [-0.3, -0.25) is 4.79 Å². The van der Waals surface area contributed by atoms with Crippen LogP contribution in [0.3, 0.4) is 0 Å². The van der Waals surface area contributed by atoms with Crippen molar-refractivity contribution in [2.75, 3.05) is 24.6 Å². The first-order valence-electron chi connectivity index (χ1n) is 9.05. The van der Waals surface area contributed by atoms with Gasteiger partial charge >= 0.3 is 0 Å². The highest BCUT2D eigenvalue weighted by Gasteiger charge is 2.25. The molecule has 4 rings (SSSR count). The zero-order chi connectivity index (χ0) is 17.1. The van der Waals surface area contributed by atoms with E-state index in [-0.39, 0.29) is 11.9 Å². The van der Waals surface area contributed by atoms with Crippen molar-refractivity contribution < 1.29 is 9.53 Å². The van der Waals surface area contributed by atoms with Gasteiger partial charge in [-0.15, -0.1) is 0 Å². The summed E-state index contributed by atoms with van der Waals surface area (Å²) in [5.74, 6) is 1.61. The molecule has 0 aliphatic carbocycles. The fraction of sp³-hybridized carbons (Fsp3) is 0.400. The fourth-order valence-corrected chi connectivity index (χ4v) is 3.66. The molecule has 5 nitrogen and oxygen atoms in total. The normalized spacial score (nSPS) is 19.7. The molecular formula is C20H23N3O2. The Bertz CT molecular complexity index is 756. The topological polar surface area (TPSA) is 54.5 Å². The number of nitrogens with zero attached hydrogens (tertiary/aromatic N) is 2. The maximum atomic E-state index is 13.0. The summed E-state index contributed by atoms with van der Waals surface area (Å²) < 4.78 is 5.69. The quantitative estimate of drug-likeness (QED) is 0.933. The first-order valence-corrected chi connectivity index (χ1v) is 9.05. The average molecular weight is 337 g/mol. The Balaban J connectivity index is 1.56. The standard InChI is InChI=1S/C20H23N3O2/c24-20(22-17-10-14-25-18-9-3-2-7-15(17)18)16-8-6-11-21-19(16)23-12-4-1-5-13-23/h2-3,6-9,11,17H,1,4-5,10,12-14H2,(H,22,24). The highest BCUT2D eigenvalue weighted by molar-refractivity contribution is 5.99. The minimum absolute atomic E-state index is 0.0214. The lowest BCUT2D eigenvalue weighted by Gasteiger charge is -2.30. The molecule has 1 aromatic carbocycles. The van der Waals surface area contributed by atoms with E-state index in [0.717, 1.165) is 49.5 Å². The number of piperidine rings is 1. The molecule has 5 heteroatoms. The summed E-state index contributed by atoms with van der Waals surface area (Å²) >= 11 is 0. The van der Waals surface area contributed by atoms with E-state index < -0.39 is 0 Å². The van der Waals surface area contributed by atoms with Crippen molar-refractivity contribution in [1.29, 1.82) is 0 Å². The molecule has 0 radical (unpaired) electrons. The van der Waals surface area contributed by atoms with E-state index in [0.29, 0.717) is 12.2 Å². The van der Waals surface area contributed by atoms with Crippen molar-refractivity contribution in [2.24, 2.45) is 0 Å². The summed E-state index contributed by atoms with van der Waals surface area (Å²) in [6.07, 6.45) is 6.12. The Morgan fingerprint density at radius 3 is 2.84 bits per heavy atom. The van der Waals surface area contributed by atoms with E-state index in [9.17, 15) is 4.79 Å². The minimum atomic E-state index is -0.0598. The van der Waals surface area contributed by atoms with Crippen LogP contribution in [-0.4, -0.2) is 30.6 Å². The third-order valence-electron chi connectivity index (χ3n) is 4.95. The average Bonchev–Trinajstić information content (AvgIpc) is 2.69. The smallest absolute Gasteiger partial charge is 0.255 e. The van der Waals surface area contributed by atoms with Gasteiger partial charge in [0.1, 0.15) is 11.6 Å². The number of hydrogen-bond donors (Lipinski definition) is 1. The van der Waals surface area contributed by atoms with Crippen LogP contribution in [0.1, 0.15) is 47.6 Å². The van der Waals surface area contributed by atoms with Crippen LogP contribution in [0.4, 0.5) is 5.82 Å². The van der Waals surface area contributed by atoms with Gasteiger partial charge in [-0.1, -0.05) is 18.2 Å². The SMILES string of the molecule is O=C(NC1CCOc2ccccc21)c1cccnc1N1CCCCC1. The molecule has 2 aromatic rings. The number of hydrogen-bond acceptors (Lipinski definition) is 4. The molecule has 0 saturated carbocycles. The summed E-state index contributed by atoms with van der Waals surface area (Å²) in [6.45, 7) is 2.56. The van der Waals surface area contributed by atoms with Crippen LogP contribution in [0.5, 0.6) is 5.75 Å². The van der Waals surface area contributed by atoms with Crippen molar-refractivity contribution in [3.8, 4) is 5.75 Å². The summed E-state index contributed by atoms with van der Waals surface area (Å²) in [6, 6.07) is 11.6. The Morgan fingerprint density at radius 1 is 1.12 bits per heavy atom. The van der Waals surface area contributed by atoms with E-state index in [4.69, 9.17) is 4.74 Å². The number of carbonyl (C=O) groups excluding carboxylic acids is 1. The van der Waals surface area contributed by atoms with Gasteiger partial charge in [-0.25, -0.2) is 4.98 Å². The predicted octanol–water partition coefficient (Wildman–Crippen LogP) is 3.33. The summed E-state index contributed by atoms with van der Waals surface area (Å²) in [5.41, 5.74) is 1.71. The Hall–Kier alpha value is -2.56. The number of rotatable bonds is 3. The van der Waals surface area contributed by atoms with Crippen LogP contribution in [-0.2, 0) is 0 Å². The van der Waals surface area contributed by atoms with Crippen molar-refractivity contribution in [3.63, 3.8) is 0 Å². The number of aromatic nitrogens is 1. The molecule has 1 fully saturated rings. The van der Waals surface area contributed by atoms with Crippen LogP contribution < -0.4 is 15.0 Å². The van der Waals surface area contributed by atoms with E-state index in [1.165, 1.54) is 6.42 Å². The number of para-hydroxylation sites is 1. The van der Waals surface area contributed by atoms with Crippen LogP contribution >= 0.6 is 0 Å². The lowest BCUT2D eigenvalue weighted by atomic mass is 10.00. The molecule has 1 unspecified atom stereocenters. The predicted molar refractivity (Wildman–Crippen MR) is 97.1 cm³/mol. The Morgan fingerprint density at radius 2 is 1.96 bits per heavy atom. The third kappa shape index (κ3) is 3.31. The Kier molecular flexibility index (Phi) is 4.55. The van der Waals surface area contributed by atoms with E-state index in [1.807, 2.05) is 36.4 Å². The first-order chi connectivity index (χ1) is 12.3. The van der Waals surface area contributed by atoms with Gasteiger partial charge in [0.15, 0.2) is 0 Å². The maximum absolute atomic E-state index is 13.0. The number of ether oxygens (including phenoxy) is 1. The highest BCUT2D eigenvalue weighted by Crippen LogP contribution is 2.32. The van der Waals surface area contributed by atoms with Crippen LogP contribution in [0.25, 0.3) is 0 Å². The lowest BCUT2D eigenvalue weighted by Crippen LogP contribution is -2.35. The second-order valence-corrected chi connectivity index (χ2v) is 6.62. The molecule has 0 spiro atoms. The largest absolute Gasteiger partial charge is 0.493 e. The summed E-state index contributed by atoms with van der Waals surface area (Å²) in [4.78, 5) is 19.7. The number of anilines is 1. The van der Waals surface area contributed by atoms with E-state index >= 15 is 0 Å².